The normalized spacial score (nSPS) is 16.7. The van der Waals surface area contributed by atoms with Gasteiger partial charge in [0, 0.05) is 24.2 Å². The van der Waals surface area contributed by atoms with E-state index >= 15 is 0 Å². The molecule has 0 radical (unpaired) electrons. The van der Waals surface area contributed by atoms with Crippen molar-refractivity contribution in [3.8, 4) is 17.2 Å². The van der Waals surface area contributed by atoms with E-state index in [0.717, 1.165) is 12.1 Å². The number of hydrogen-bond acceptors (Lipinski definition) is 6. The number of nitrogens with zero attached hydrogens (tertiary/aromatic N) is 2. The second-order valence-electron chi connectivity index (χ2n) is 4.55. The van der Waals surface area contributed by atoms with E-state index in [1.165, 1.54) is 6.92 Å². The summed E-state index contributed by atoms with van der Waals surface area (Å²) in [7, 11) is 1.90. The highest BCUT2D eigenvalue weighted by Gasteiger charge is 2.27. The van der Waals surface area contributed by atoms with Crippen LogP contribution in [0.1, 0.15) is 23.6 Å². The average molecular weight is 252 g/mol. The quantitative estimate of drug-likeness (QED) is 0.259. The van der Waals surface area contributed by atoms with Gasteiger partial charge in [-0.3, -0.25) is 0 Å². The van der Waals surface area contributed by atoms with Crippen molar-refractivity contribution in [2.24, 2.45) is 5.16 Å². The van der Waals surface area contributed by atoms with E-state index in [-0.39, 0.29) is 11.5 Å². The fourth-order valence-corrected chi connectivity index (χ4v) is 2.35. The lowest BCUT2D eigenvalue weighted by Gasteiger charge is -2.28. The van der Waals surface area contributed by atoms with E-state index in [2.05, 4.69) is 5.16 Å². The standard InChI is InChI=1S/C12H16N2O4/c1-6(13-18)9-7-3-4-14(2)5-8(7)10(15)12(17)11(9)16/h15-18H,3-5H2,1-2H3/b13-6+. The monoisotopic (exact) mass is 252 g/mol. The summed E-state index contributed by atoms with van der Waals surface area (Å²) in [4.78, 5) is 1.99. The molecule has 0 amide bonds. The highest BCUT2D eigenvalue weighted by molar-refractivity contribution is 6.03. The molecule has 1 aliphatic heterocycles. The maximum atomic E-state index is 9.89. The molecule has 6 heteroatoms. The van der Waals surface area contributed by atoms with Crippen LogP contribution < -0.4 is 0 Å². The van der Waals surface area contributed by atoms with E-state index in [4.69, 9.17) is 5.21 Å². The molecule has 1 aromatic carbocycles. The highest BCUT2D eigenvalue weighted by Crippen LogP contribution is 2.45. The number of benzene rings is 1. The van der Waals surface area contributed by atoms with Crippen molar-refractivity contribution in [2.75, 3.05) is 13.6 Å². The van der Waals surface area contributed by atoms with Crippen molar-refractivity contribution in [1.29, 1.82) is 0 Å². The summed E-state index contributed by atoms with van der Waals surface area (Å²) in [5, 5.41) is 41.4. The van der Waals surface area contributed by atoms with Gasteiger partial charge in [0.2, 0.25) is 5.75 Å². The van der Waals surface area contributed by atoms with E-state index < -0.39 is 11.5 Å². The Hall–Kier alpha value is -1.95. The first kappa shape index (κ1) is 12.5. The minimum atomic E-state index is -0.568. The summed E-state index contributed by atoms with van der Waals surface area (Å²) in [6.07, 6.45) is 0.607. The van der Waals surface area contributed by atoms with Gasteiger partial charge in [0.1, 0.15) is 0 Å². The predicted octanol–water partition coefficient (Wildman–Crippen LogP) is 0.990. The Labute approximate surface area is 104 Å². The molecule has 98 valence electrons. The zero-order valence-electron chi connectivity index (χ0n) is 10.3. The van der Waals surface area contributed by atoms with Crippen molar-refractivity contribution in [3.63, 3.8) is 0 Å². The van der Waals surface area contributed by atoms with E-state index in [1.54, 1.807) is 0 Å². The van der Waals surface area contributed by atoms with Gasteiger partial charge in [0.15, 0.2) is 11.5 Å². The van der Waals surface area contributed by atoms with E-state index in [0.29, 0.717) is 24.1 Å². The van der Waals surface area contributed by atoms with Gasteiger partial charge in [0.05, 0.1) is 5.71 Å². The molecule has 18 heavy (non-hydrogen) atoms. The number of aromatic hydroxyl groups is 3. The highest BCUT2D eigenvalue weighted by atomic mass is 16.4. The number of hydrogen-bond donors (Lipinski definition) is 4. The number of phenols is 3. The van der Waals surface area contributed by atoms with Crippen LogP contribution in [0.4, 0.5) is 0 Å². The van der Waals surface area contributed by atoms with Crippen LogP contribution in [0.25, 0.3) is 0 Å². The molecular formula is C12H16N2O4. The second-order valence-corrected chi connectivity index (χ2v) is 4.55. The first-order chi connectivity index (χ1) is 8.47. The molecule has 0 unspecified atom stereocenters. The Kier molecular flexibility index (Phi) is 3.04. The van der Waals surface area contributed by atoms with Crippen molar-refractivity contribution >= 4 is 5.71 Å². The topological polar surface area (TPSA) is 96.5 Å². The van der Waals surface area contributed by atoms with Gasteiger partial charge in [-0.2, -0.15) is 0 Å². The van der Waals surface area contributed by atoms with Crippen molar-refractivity contribution < 1.29 is 20.5 Å². The molecule has 1 aromatic rings. The summed E-state index contributed by atoms with van der Waals surface area (Å²) >= 11 is 0. The fourth-order valence-electron chi connectivity index (χ4n) is 2.35. The summed E-state index contributed by atoms with van der Waals surface area (Å²) in [6.45, 7) is 2.77. The summed E-state index contributed by atoms with van der Waals surface area (Å²) in [5.41, 5.74) is 1.80. The Morgan fingerprint density at radius 3 is 2.39 bits per heavy atom. The zero-order chi connectivity index (χ0) is 13.4. The van der Waals surface area contributed by atoms with Crippen LogP contribution in [0.3, 0.4) is 0 Å². The molecule has 0 fully saturated rings. The molecular weight excluding hydrogens is 236 g/mol. The summed E-state index contributed by atoms with van der Waals surface area (Å²) in [5.74, 6) is -1.31. The van der Waals surface area contributed by atoms with Crippen LogP contribution >= 0.6 is 0 Å². The first-order valence-corrected chi connectivity index (χ1v) is 5.63. The van der Waals surface area contributed by atoms with Gasteiger partial charge in [-0.1, -0.05) is 5.16 Å². The largest absolute Gasteiger partial charge is 0.504 e. The molecule has 0 saturated heterocycles. The smallest absolute Gasteiger partial charge is 0.201 e. The van der Waals surface area contributed by atoms with Crippen LogP contribution in [0.15, 0.2) is 5.16 Å². The van der Waals surface area contributed by atoms with E-state index in [9.17, 15) is 15.3 Å². The Balaban J connectivity index is 2.75. The molecule has 0 bridgehead atoms. The van der Waals surface area contributed by atoms with Gasteiger partial charge in [-0.15, -0.1) is 0 Å². The lowest BCUT2D eigenvalue weighted by atomic mass is 9.90. The van der Waals surface area contributed by atoms with Crippen LogP contribution in [-0.2, 0) is 13.0 Å². The van der Waals surface area contributed by atoms with Crippen molar-refractivity contribution in [1.82, 2.24) is 4.90 Å². The van der Waals surface area contributed by atoms with E-state index in [1.807, 2.05) is 11.9 Å². The number of phenolic OH excluding ortho intramolecular Hbond substituents is 3. The van der Waals surface area contributed by atoms with Gasteiger partial charge >= 0.3 is 0 Å². The van der Waals surface area contributed by atoms with Gasteiger partial charge in [-0.05, 0) is 26.0 Å². The molecule has 2 rings (SSSR count). The molecule has 0 spiro atoms. The minimum Gasteiger partial charge on any atom is -0.504 e. The second kappa shape index (κ2) is 4.38. The molecule has 6 nitrogen and oxygen atoms in total. The Bertz CT molecular complexity index is 526. The molecule has 0 aliphatic carbocycles. The third kappa shape index (κ3) is 1.74. The molecule has 1 heterocycles. The van der Waals surface area contributed by atoms with Crippen molar-refractivity contribution in [3.05, 3.63) is 16.7 Å². The van der Waals surface area contributed by atoms with Crippen LogP contribution in [0, 0.1) is 0 Å². The third-order valence-corrected chi connectivity index (χ3v) is 3.32. The Morgan fingerprint density at radius 1 is 1.11 bits per heavy atom. The number of likely N-dealkylation sites (N-methyl/N-ethyl adjacent to an activating group) is 1. The van der Waals surface area contributed by atoms with Gasteiger partial charge < -0.3 is 25.4 Å². The maximum absolute atomic E-state index is 9.89. The van der Waals surface area contributed by atoms with Crippen molar-refractivity contribution in [2.45, 2.75) is 19.9 Å². The van der Waals surface area contributed by atoms with Gasteiger partial charge in [-0.25, -0.2) is 0 Å². The Morgan fingerprint density at radius 2 is 1.78 bits per heavy atom. The summed E-state index contributed by atoms with van der Waals surface area (Å²) in [6, 6.07) is 0. The molecule has 0 saturated carbocycles. The third-order valence-electron chi connectivity index (χ3n) is 3.32. The molecule has 1 aliphatic rings. The average Bonchev–Trinajstić information content (AvgIpc) is 2.37. The number of fused-ring (bicyclic) bond motifs is 1. The zero-order valence-corrected chi connectivity index (χ0v) is 10.3. The van der Waals surface area contributed by atoms with Crippen LogP contribution in [0.5, 0.6) is 17.2 Å². The number of oxime groups is 1. The lowest BCUT2D eigenvalue weighted by Crippen LogP contribution is -2.28. The molecule has 0 aromatic heterocycles. The predicted molar refractivity (Wildman–Crippen MR) is 65.5 cm³/mol. The maximum Gasteiger partial charge on any atom is 0.201 e. The lowest BCUT2D eigenvalue weighted by molar-refractivity contribution is 0.295. The molecule has 0 atom stereocenters. The first-order valence-electron chi connectivity index (χ1n) is 5.63. The minimum absolute atomic E-state index is 0.212. The summed E-state index contributed by atoms with van der Waals surface area (Å²) < 4.78 is 0. The van der Waals surface area contributed by atoms with Crippen LogP contribution in [-0.4, -0.2) is 44.7 Å². The number of rotatable bonds is 1. The molecule has 4 N–H and O–H groups in total. The van der Waals surface area contributed by atoms with Crippen LogP contribution in [0.2, 0.25) is 0 Å². The fraction of sp³-hybridized carbons (Fsp3) is 0.417. The van der Waals surface area contributed by atoms with Gasteiger partial charge in [0.25, 0.3) is 0 Å². The SMILES string of the molecule is C/C(=N\O)c1c(O)c(O)c(O)c2c1CCN(C)C2.